The first kappa shape index (κ1) is 15.5. The Morgan fingerprint density at radius 2 is 2.09 bits per heavy atom. The van der Waals surface area contributed by atoms with Crippen molar-refractivity contribution in [2.24, 2.45) is 5.73 Å². The average Bonchev–Trinajstić information content (AvgIpc) is 3.04. The van der Waals surface area contributed by atoms with Crippen molar-refractivity contribution in [3.63, 3.8) is 0 Å². The summed E-state index contributed by atoms with van der Waals surface area (Å²) in [4.78, 5) is 17.8. The fourth-order valence-electron chi connectivity index (χ4n) is 2.90. The first-order valence-electron chi connectivity index (χ1n) is 7.87. The molecule has 1 aliphatic rings. The summed E-state index contributed by atoms with van der Waals surface area (Å²) >= 11 is 0. The maximum atomic E-state index is 11.4. The number of nitrogens with two attached hydrogens (primary N) is 1. The lowest BCUT2D eigenvalue weighted by Crippen LogP contribution is -2.39. The van der Waals surface area contributed by atoms with E-state index < -0.39 is 0 Å². The number of rotatable bonds is 6. The Morgan fingerprint density at radius 1 is 1.26 bits per heavy atom. The molecule has 1 amide bonds. The van der Waals surface area contributed by atoms with Gasteiger partial charge in [-0.1, -0.05) is 18.2 Å². The second-order valence-electron chi connectivity index (χ2n) is 5.78. The van der Waals surface area contributed by atoms with Crippen molar-refractivity contribution >= 4 is 5.91 Å². The molecule has 1 aromatic heterocycles. The van der Waals surface area contributed by atoms with E-state index in [-0.39, 0.29) is 11.9 Å². The average molecular weight is 311 g/mol. The van der Waals surface area contributed by atoms with Crippen LogP contribution in [0.15, 0.2) is 48.7 Å². The Morgan fingerprint density at radius 3 is 2.78 bits per heavy atom. The molecule has 2 aromatic rings. The Bertz CT molecular complexity index is 643. The number of aromatic nitrogens is 1. The number of nitrogens with zero attached hydrogens (tertiary/aromatic N) is 2. The van der Waals surface area contributed by atoms with Gasteiger partial charge in [-0.25, -0.2) is 0 Å². The predicted molar refractivity (Wildman–Crippen MR) is 87.6 cm³/mol. The molecular formula is C18H21N3O2. The highest BCUT2D eigenvalue weighted by molar-refractivity contribution is 5.80. The second-order valence-corrected chi connectivity index (χ2v) is 5.78. The van der Waals surface area contributed by atoms with E-state index in [0.29, 0.717) is 6.61 Å². The molecule has 23 heavy (non-hydrogen) atoms. The van der Waals surface area contributed by atoms with Crippen molar-refractivity contribution in [2.45, 2.75) is 32.0 Å². The lowest BCUT2D eigenvalue weighted by Gasteiger charge is -2.21. The van der Waals surface area contributed by atoms with Crippen LogP contribution in [0.2, 0.25) is 0 Å². The fourth-order valence-corrected chi connectivity index (χ4v) is 2.90. The molecule has 1 aliphatic heterocycles. The lowest BCUT2D eigenvalue weighted by atomic mass is 10.1. The molecule has 0 saturated carbocycles. The molecule has 0 spiro atoms. The summed E-state index contributed by atoms with van der Waals surface area (Å²) in [5.74, 6) is 0.588. The topological polar surface area (TPSA) is 68.5 Å². The van der Waals surface area contributed by atoms with Crippen molar-refractivity contribution < 1.29 is 9.53 Å². The van der Waals surface area contributed by atoms with E-state index in [1.165, 1.54) is 0 Å². The number of carbonyl (C=O) groups excluding carboxylic acids is 1. The van der Waals surface area contributed by atoms with Crippen molar-refractivity contribution in [1.82, 2.24) is 9.88 Å². The van der Waals surface area contributed by atoms with Gasteiger partial charge in [0.15, 0.2) is 0 Å². The largest absolute Gasteiger partial charge is 0.487 e. The van der Waals surface area contributed by atoms with Gasteiger partial charge in [-0.2, -0.15) is 0 Å². The van der Waals surface area contributed by atoms with Crippen molar-refractivity contribution in [3.05, 3.63) is 59.9 Å². The highest BCUT2D eigenvalue weighted by atomic mass is 16.5. The predicted octanol–water partition coefficient (Wildman–Crippen LogP) is 2.11. The molecule has 0 radical (unpaired) electrons. The highest BCUT2D eigenvalue weighted by Crippen LogP contribution is 2.21. The molecule has 5 nitrogen and oxygen atoms in total. The third-order valence-corrected chi connectivity index (χ3v) is 4.11. The van der Waals surface area contributed by atoms with Crippen LogP contribution in [0.4, 0.5) is 0 Å². The minimum atomic E-state index is -0.224. The van der Waals surface area contributed by atoms with Gasteiger partial charge < -0.3 is 10.5 Å². The molecule has 0 aliphatic carbocycles. The third kappa shape index (κ3) is 4.07. The Labute approximate surface area is 136 Å². The first-order valence-corrected chi connectivity index (χ1v) is 7.87. The monoisotopic (exact) mass is 311 g/mol. The van der Waals surface area contributed by atoms with Crippen molar-refractivity contribution in [2.75, 3.05) is 6.54 Å². The molecule has 1 unspecified atom stereocenters. The number of benzene rings is 1. The van der Waals surface area contributed by atoms with E-state index in [2.05, 4.69) is 9.88 Å². The van der Waals surface area contributed by atoms with Gasteiger partial charge in [0, 0.05) is 12.7 Å². The quantitative estimate of drug-likeness (QED) is 0.887. The first-order chi connectivity index (χ1) is 11.2. The second kappa shape index (κ2) is 7.24. The zero-order valence-electron chi connectivity index (χ0n) is 13.0. The van der Waals surface area contributed by atoms with Crippen molar-refractivity contribution in [3.8, 4) is 5.75 Å². The van der Waals surface area contributed by atoms with Gasteiger partial charge in [0.2, 0.25) is 5.91 Å². The molecule has 0 bridgehead atoms. The minimum absolute atomic E-state index is 0.130. The number of pyridine rings is 1. The van der Waals surface area contributed by atoms with Crippen LogP contribution >= 0.6 is 0 Å². The van der Waals surface area contributed by atoms with Crippen LogP contribution in [0.1, 0.15) is 24.1 Å². The number of likely N-dealkylation sites (tertiary alicyclic amines) is 1. The molecule has 1 atom stereocenters. The maximum absolute atomic E-state index is 11.4. The van der Waals surface area contributed by atoms with Gasteiger partial charge in [0.25, 0.3) is 0 Å². The number of primary amides is 1. The molecule has 1 saturated heterocycles. The summed E-state index contributed by atoms with van der Waals surface area (Å²) < 4.78 is 5.73. The lowest BCUT2D eigenvalue weighted by molar-refractivity contribution is -0.122. The Kier molecular flexibility index (Phi) is 4.88. The highest BCUT2D eigenvalue weighted by Gasteiger charge is 2.28. The Hall–Kier alpha value is -2.40. The van der Waals surface area contributed by atoms with Crippen LogP contribution in [0.3, 0.4) is 0 Å². The molecule has 1 aromatic carbocycles. The summed E-state index contributed by atoms with van der Waals surface area (Å²) in [6, 6.07) is 13.6. The van der Waals surface area contributed by atoms with Crippen LogP contribution in [0, 0.1) is 0 Å². The van der Waals surface area contributed by atoms with Gasteiger partial charge in [-0.15, -0.1) is 0 Å². The van der Waals surface area contributed by atoms with E-state index in [4.69, 9.17) is 10.5 Å². The third-order valence-electron chi connectivity index (χ3n) is 4.11. The van der Waals surface area contributed by atoms with E-state index >= 15 is 0 Å². The van der Waals surface area contributed by atoms with Crippen LogP contribution in [-0.4, -0.2) is 28.4 Å². The van der Waals surface area contributed by atoms with Crippen LogP contribution < -0.4 is 10.5 Å². The standard InChI is InChI=1S/C18H21N3O2/c19-18(22)17-5-3-11-21(17)12-14-6-8-16(9-7-14)23-13-15-4-1-2-10-20-15/h1-2,4,6-10,17H,3,5,11-13H2,(H2,19,22). The summed E-state index contributed by atoms with van der Waals surface area (Å²) in [6.07, 6.45) is 3.65. The number of ether oxygens (including phenoxy) is 1. The molecule has 1 fully saturated rings. The number of carbonyl (C=O) groups is 1. The SMILES string of the molecule is NC(=O)C1CCCN1Cc1ccc(OCc2ccccn2)cc1. The van der Waals surface area contributed by atoms with E-state index in [1.54, 1.807) is 6.20 Å². The number of hydrogen-bond acceptors (Lipinski definition) is 4. The summed E-state index contributed by atoms with van der Waals surface area (Å²) in [7, 11) is 0. The van der Waals surface area contributed by atoms with E-state index in [1.807, 2.05) is 42.5 Å². The summed E-state index contributed by atoms with van der Waals surface area (Å²) in [6.45, 7) is 2.12. The maximum Gasteiger partial charge on any atom is 0.234 e. The van der Waals surface area contributed by atoms with Gasteiger partial charge in [-0.05, 0) is 49.2 Å². The van der Waals surface area contributed by atoms with Crippen LogP contribution in [0.25, 0.3) is 0 Å². The number of amides is 1. The molecule has 3 rings (SSSR count). The van der Waals surface area contributed by atoms with Crippen molar-refractivity contribution in [1.29, 1.82) is 0 Å². The molecule has 2 N–H and O–H groups in total. The van der Waals surface area contributed by atoms with Crippen LogP contribution in [0.5, 0.6) is 5.75 Å². The zero-order chi connectivity index (χ0) is 16.1. The normalized spacial score (nSPS) is 18.0. The van der Waals surface area contributed by atoms with Crippen LogP contribution in [-0.2, 0) is 17.9 Å². The van der Waals surface area contributed by atoms with E-state index in [0.717, 1.165) is 42.9 Å². The number of hydrogen-bond donors (Lipinski definition) is 1. The van der Waals surface area contributed by atoms with Gasteiger partial charge in [-0.3, -0.25) is 14.7 Å². The molecule has 5 heteroatoms. The summed E-state index contributed by atoms with van der Waals surface area (Å²) in [5.41, 5.74) is 7.51. The molecule has 2 heterocycles. The van der Waals surface area contributed by atoms with E-state index in [9.17, 15) is 4.79 Å². The smallest absolute Gasteiger partial charge is 0.234 e. The van der Waals surface area contributed by atoms with Gasteiger partial charge in [0.05, 0.1) is 11.7 Å². The fraction of sp³-hybridized carbons (Fsp3) is 0.333. The summed E-state index contributed by atoms with van der Waals surface area (Å²) in [5, 5.41) is 0. The Balaban J connectivity index is 1.56. The minimum Gasteiger partial charge on any atom is -0.487 e. The molecule has 120 valence electrons. The zero-order valence-corrected chi connectivity index (χ0v) is 13.0. The van der Waals surface area contributed by atoms with Gasteiger partial charge >= 0.3 is 0 Å². The van der Waals surface area contributed by atoms with Gasteiger partial charge in [0.1, 0.15) is 12.4 Å². The molecular weight excluding hydrogens is 290 g/mol.